The lowest BCUT2D eigenvalue weighted by molar-refractivity contribution is -0.169. The first-order chi connectivity index (χ1) is 7.38. The SMILES string of the molecule is CC(C)(C)OC(=O)C(=O)Oc1ccccc1. The fraction of sp³-hybridized carbons (Fsp3) is 0.333. The van der Waals surface area contributed by atoms with E-state index in [1.54, 1.807) is 51.1 Å². The van der Waals surface area contributed by atoms with E-state index in [0.717, 1.165) is 0 Å². The lowest BCUT2D eigenvalue weighted by atomic mass is 10.2. The summed E-state index contributed by atoms with van der Waals surface area (Å²) < 4.78 is 9.67. The van der Waals surface area contributed by atoms with E-state index in [-0.39, 0.29) is 0 Å². The van der Waals surface area contributed by atoms with Crippen LogP contribution < -0.4 is 4.74 Å². The molecule has 1 aromatic rings. The maximum Gasteiger partial charge on any atom is 0.422 e. The molecule has 86 valence electrons. The minimum atomic E-state index is -1.01. The van der Waals surface area contributed by atoms with Gasteiger partial charge in [0.25, 0.3) is 0 Å². The van der Waals surface area contributed by atoms with E-state index >= 15 is 0 Å². The van der Waals surface area contributed by atoms with Crippen molar-refractivity contribution in [3.8, 4) is 5.75 Å². The molecule has 0 atom stereocenters. The quantitative estimate of drug-likeness (QED) is 0.414. The highest BCUT2D eigenvalue weighted by Crippen LogP contribution is 2.11. The van der Waals surface area contributed by atoms with Gasteiger partial charge in [0, 0.05) is 0 Å². The number of para-hydroxylation sites is 1. The molecule has 0 saturated carbocycles. The number of rotatable bonds is 1. The third-order valence-electron chi connectivity index (χ3n) is 1.52. The fourth-order valence-electron chi connectivity index (χ4n) is 0.957. The van der Waals surface area contributed by atoms with E-state index in [1.165, 1.54) is 0 Å². The van der Waals surface area contributed by atoms with Gasteiger partial charge in [-0.25, -0.2) is 9.59 Å². The molecule has 16 heavy (non-hydrogen) atoms. The van der Waals surface area contributed by atoms with Crippen molar-refractivity contribution in [1.29, 1.82) is 0 Å². The summed E-state index contributed by atoms with van der Waals surface area (Å²) in [5.74, 6) is -1.68. The van der Waals surface area contributed by atoms with Crippen molar-refractivity contribution < 1.29 is 19.1 Å². The van der Waals surface area contributed by atoms with Crippen molar-refractivity contribution in [3.63, 3.8) is 0 Å². The van der Waals surface area contributed by atoms with Crippen LogP contribution in [0.1, 0.15) is 20.8 Å². The molecule has 0 aliphatic carbocycles. The molecule has 0 aromatic heterocycles. The molecule has 0 radical (unpaired) electrons. The van der Waals surface area contributed by atoms with Gasteiger partial charge in [-0.2, -0.15) is 0 Å². The number of carbonyl (C=O) groups excluding carboxylic acids is 2. The molecule has 0 saturated heterocycles. The molecule has 0 spiro atoms. The van der Waals surface area contributed by atoms with Gasteiger partial charge in [0.05, 0.1) is 0 Å². The van der Waals surface area contributed by atoms with Gasteiger partial charge in [0.15, 0.2) is 0 Å². The summed E-state index contributed by atoms with van der Waals surface area (Å²) in [6, 6.07) is 8.37. The summed E-state index contributed by atoms with van der Waals surface area (Å²) in [7, 11) is 0. The minimum absolute atomic E-state index is 0.318. The highest BCUT2D eigenvalue weighted by molar-refractivity contribution is 6.30. The molecular weight excluding hydrogens is 208 g/mol. The molecule has 0 amide bonds. The minimum Gasteiger partial charge on any atom is -0.452 e. The Kier molecular flexibility index (Phi) is 3.66. The number of hydrogen-bond acceptors (Lipinski definition) is 4. The van der Waals surface area contributed by atoms with Crippen molar-refractivity contribution in [3.05, 3.63) is 30.3 Å². The summed E-state index contributed by atoms with van der Waals surface area (Å²) >= 11 is 0. The van der Waals surface area contributed by atoms with Crippen LogP contribution in [0.15, 0.2) is 30.3 Å². The van der Waals surface area contributed by atoms with Gasteiger partial charge in [0.1, 0.15) is 11.4 Å². The molecule has 0 aliphatic heterocycles. The second-order valence-electron chi connectivity index (χ2n) is 4.20. The zero-order valence-electron chi connectivity index (χ0n) is 9.52. The van der Waals surface area contributed by atoms with Crippen molar-refractivity contribution in [1.82, 2.24) is 0 Å². The first kappa shape index (κ1) is 12.2. The maximum atomic E-state index is 11.3. The number of carbonyl (C=O) groups is 2. The Morgan fingerprint density at radius 1 is 1.00 bits per heavy atom. The Labute approximate surface area is 94.2 Å². The van der Waals surface area contributed by atoms with E-state index in [1.807, 2.05) is 0 Å². The van der Waals surface area contributed by atoms with Crippen LogP contribution in [0.2, 0.25) is 0 Å². The number of benzene rings is 1. The van der Waals surface area contributed by atoms with Crippen LogP contribution in [0.4, 0.5) is 0 Å². The van der Waals surface area contributed by atoms with Crippen molar-refractivity contribution in [2.24, 2.45) is 0 Å². The zero-order chi connectivity index (χ0) is 12.2. The molecular formula is C12H14O4. The normalized spacial score (nSPS) is 10.7. The summed E-state index contributed by atoms with van der Waals surface area (Å²) in [6.07, 6.45) is 0. The topological polar surface area (TPSA) is 52.6 Å². The van der Waals surface area contributed by atoms with Crippen LogP contribution in [0.25, 0.3) is 0 Å². The summed E-state index contributed by atoms with van der Waals surface area (Å²) in [5, 5.41) is 0. The van der Waals surface area contributed by atoms with Crippen molar-refractivity contribution in [2.75, 3.05) is 0 Å². The van der Waals surface area contributed by atoms with E-state index in [0.29, 0.717) is 5.75 Å². The lowest BCUT2D eigenvalue weighted by Gasteiger charge is -2.18. The Morgan fingerprint density at radius 3 is 2.06 bits per heavy atom. The predicted octanol–water partition coefficient (Wildman–Crippen LogP) is 1.93. The monoisotopic (exact) mass is 222 g/mol. The lowest BCUT2D eigenvalue weighted by Crippen LogP contribution is -2.31. The summed E-state index contributed by atoms with van der Waals surface area (Å²) in [4.78, 5) is 22.6. The van der Waals surface area contributed by atoms with Gasteiger partial charge in [-0.05, 0) is 32.9 Å². The maximum absolute atomic E-state index is 11.3. The molecule has 0 aliphatic rings. The molecule has 0 bridgehead atoms. The third kappa shape index (κ3) is 4.13. The summed E-state index contributed by atoms with van der Waals surface area (Å²) in [5.41, 5.74) is -0.702. The van der Waals surface area contributed by atoms with E-state index in [4.69, 9.17) is 9.47 Å². The van der Waals surface area contributed by atoms with Gasteiger partial charge < -0.3 is 9.47 Å². The second-order valence-corrected chi connectivity index (χ2v) is 4.20. The van der Waals surface area contributed by atoms with Gasteiger partial charge in [-0.3, -0.25) is 0 Å². The van der Waals surface area contributed by atoms with Crippen LogP contribution in [0.3, 0.4) is 0 Å². The molecule has 0 unspecified atom stereocenters. The highest BCUT2D eigenvalue weighted by atomic mass is 16.6. The van der Waals surface area contributed by atoms with Crippen molar-refractivity contribution >= 4 is 11.9 Å². The molecule has 1 aromatic carbocycles. The number of hydrogen-bond donors (Lipinski definition) is 0. The molecule has 4 heteroatoms. The second kappa shape index (κ2) is 4.79. The average Bonchev–Trinajstić information content (AvgIpc) is 2.16. The first-order valence-corrected chi connectivity index (χ1v) is 4.89. The number of ether oxygens (including phenoxy) is 2. The van der Waals surface area contributed by atoms with Crippen LogP contribution >= 0.6 is 0 Å². The van der Waals surface area contributed by atoms with Gasteiger partial charge in [-0.1, -0.05) is 18.2 Å². The summed E-state index contributed by atoms with van der Waals surface area (Å²) in [6.45, 7) is 5.04. The average molecular weight is 222 g/mol. The zero-order valence-corrected chi connectivity index (χ0v) is 9.52. The molecule has 0 N–H and O–H groups in total. The predicted molar refractivity (Wildman–Crippen MR) is 57.9 cm³/mol. The smallest absolute Gasteiger partial charge is 0.422 e. The van der Waals surface area contributed by atoms with Gasteiger partial charge in [-0.15, -0.1) is 0 Å². The third-order valence-corrected chi connectivity index (χ3v) is 1.52. The van der Waals surface area contributed by atoms with E-state index < -0.39 is 17.5 Å². The van der Waals surface area contributed by atoms with E-state index in [9.17, 15) is 9.59 Å². The van der Waals surface area contributed by atoms with Gasteiger partial charge in [0.2, 0.25) is 0 Å². The Hall–Kier alpha value is -1.84. The standard InChI is InChI=1S/C12H14O4/c1-12(2,3)16-11(14)10(13)15-9-7-5-4-6-8-9/h4-8H,1-3H3. The Bertz CT molecular complexity index is 376. The molecule has 0 heterocycles. The van der Waals surface area contributed by atoms with Crippen LogP contribution in [0, 0.1) is 0 Å². The van der Waals surface area contributed by atoms with Crippen LogP contribution in [-0.2, 0) is 14.3 Å². The van der Waals surface area contributed by atoms with E-state index in [2.05, 4.69) is 0 Å². The Balaban J connectivity index is 2.57. The highest BCUT2D eigenvalue weighted by Gasteiger charge is 2.24. The Morgan fingerprint density at radius 2 is 1.56 bits per heavy atom. The van der Waals surface area contributed by atoms with Gasteiger partial charge >= 0.3 is 11.9 Å². The first-order valence-electron chi connectivity index (χ1n) is 4.89. The largest absolute Gasteiger partial charge is 0.452 e. The molecule has 1 rings (SSSR count). The van der Waals surface area contributed by atoms with Crippen LogP contribution in [-0.4, -0.2) is 17.5 Å². The van der Waals surface area contributed by atoms with Crippen LogP contribution in [0.5, 0.6) is 5.75 Å². The fourth-order valence-corrected chi connectivity index (χ4v) is 0.957. The molecule has 4 nitrogen and oxygen atoms in total. The van der Waals surface area contributed by atoms with Crippen molar-refractivity contribution in [2.45, 2.75) is 26.4 Å². The number of esters is 2. The molecule has 0 fully saturated rings.